The summed E-state index contributed by atoms with van der Waals surface area (Å²) in [6.07, 6.45) is 3.30. The van der Waals surface area contributed by atoms with Crippen LogP contribution in [-0.2, 0) is 0 Å². The summed E-state index contributed by atoms with van der Waals surface area (Å²) in [5.41, 5.74) is -0.719. The van der Waals surface area contributed by atoms with E-state index in [2.05, 4.69) is 10.3 Å². The zero-order valence-corrected chi connectivity index (χ0v) is 12.5. The molecule has 1 fully saturated rings. The van der Waals surface area contributed by atoms with Crippen LogP contribution in [0.4, 0.5) is 10.2 Å². The predicted molar refractivity (Wildman–Crippen MR) is 78.7 cm³/mol. The van der Waals surface area contributed by atoms with Crippen LogP contribution in [0, 0.1) is 5.82 Å². The van der Waals surface area contributed by atoms with Gasteiger partial charge in [-0.15, -0.1) is 0 Å². The number of rotatable bonds is 3. The zero-order valence-electron chi connectivity index (χ0n) is 12.5. The molecular weight excluding hydrogens is 273 g/mol. The number of halogens is 1. The quantitative estimate of drug-likeness (QED) is 0.895. The molecule has 0 spiro atoms. The molecule has 0 aliphatic carbocycles. The summed E-state index contributed by atoms with van der Waals surface area (Å²) in [7, 11) is 0. The molecule has 2 rings (SSSR count). The minimum atomic E-state index is -0.749. The second-order valence-corrected chi connectivity index (χ2v) is 5.69. The third-order valence-corrected chi connectivity index (χ3v) is 3.81. The maximum absolute atomic E-state index is 14.3. The second kappa shape index (κ2) is 6.39. The summed E-state index contributed by atoms with van der Waals surface area (Å²) in [6.45, 7) is 5.12. The van der Waals surface area contributed by atoms with Crippen molar-refractivity contribution in [1.29, 1.82) is 0 Å². The van der Waals surface area contributed by atoms with Gasteiger partial charge in [-0.3, -0.25) is 4.79 Å². The highest BCUT2D eigenvalue weighted by molar-refractivity contribution is 5.95. The lowest BCUT2D eigenvalue weighted by Crippen LogP contribution is -2.34. The summed E-state index contributed by atoms with van der Waals surface area (Å²) in [6, 6.07) is 1.40. The molecule has 1 amide bonds. The van der Waals surface area contributed by atoms with Crippen LogP contribution in [0.25, 0.3) is 0 Å². The van der Waals surface area contributed by atoms with E-state index in [-0.39, 0.29) is 17.3 Å². The molecule has 1 aromatic heterocycles. The van der Waals surface area contributed by atoms with Gasteiger partial charge in [-0.1, -0.05) is 0 Å². The third kappa shape index (κ3) is 3.69. The topological polar surface area (TPSA) is 65.5 Å². The standard InChI is InChI=1S/C15H22FN3O2/c1-3-17-13-12(16)11(5-8-18-13)14(20)19-9-4-6-15(2,21)7-10-19/h5,8,21H,3-4,6-7,9-10H2,1-2H3,(H,17,18). The SMILES string of the molecule is CCNc1nccc(C(=O)N2CCCC(C)(O)CC2)c1F. The van der Waals surface area contributed by atoms with E-state index in [1.807, 2.05) is 6.92 Å². The third-order valence-electron chi connectivity index (χ3n) is 3.81. The number of hydrogen-bond acceptors (Lipinski definition) is 4. The number of nitrogens with one attached hydrogen (secondary N) is 1. The van der Waals surface area contributed by atoms with Crippen LogP contribution in [-0.4, -0.2) is 46.1 Å². The number of carbonyl (C=O) groups is 1. The highest BCUT2D eigenvalue weighted by Gasteiger charge is 2.28. The second-order valence-electron chi connectivity index (χ2n) is 5.69. The number of amides is 1. The predicted octanol–water partition coefficient (Wildman–Crippen LogP) is 2.03. The van der Waals surface area contributed by atoms with Gasteiger partial charge in [-0.05, 0) is 39.2 Å². The van der Waals surface area contributed by atoms with Gasteiger partial charge in [0.2, 0.25) is 0 Å². The summed E-state index contributed by atoms with van der Waals surface area (Å²) >= 11 is 0. The molecule has 0 radical (unpaired) electrons. The largest absolute Gasteiger partial charge is 0.390 e. The summed E-state index contributed by atoms with van der Waals surface area (Å²) < 4.78 is 14.3. The summed E-state index contributed by atoms with van der Waals surface area (Å²) in [4.78, 5) is 18.0. The van der Waals surface area contributed by atoms with Gasteiger partial charge < -0.3 is 15.3 Å². The molecule has 0 aromatic carbocycles. The van der Waals surface area contributed by atoms with Crippen molar-refractivity contribution in [3.05, 3.63) is 23.6 Å². The lowest BCUT2D eigenvalue weighted by atomic mass is 9.98. The number of aromatic nitrogens is 1. The summed E-state index contributed by atoms with van der Waals surface area (Å²) in [5.74, 6) is -0.850. The van der Waals surface area contributed by atoms with Gasteiger partial charge in [0.25, 0.3) is 5.91 Å². The van der Waals surface area contributed by atoms with Crippen LogP contribution < -0.4 is 5.32 Å². The lowest BCUT2D eigenvalue weighted by Gasteiger charge is -2.23. The molecular formula is C15H22FN3O2. The Morgan fingerprint density at radius 3 is 3.00 bits per heavy atom. The Labute approximate surface area is 124 Å². The number of aliphatic hydroxyl groups is 1. The average molecular weight is 295 g/mol. The van der Waals surface area contributed by atoms with Gasteiger partial charge in [0.1, 0.15) is 0 Å². The first-order chi connectivity index (χ1) is 9.94. The van der Waals surface area contributed by atoms with Gasteiger partial charge >= 0.3 is 0 Å². The Morgan fingerprint density at radius 2 is 2.29 bits per heavy atom. The van der Waals surface area contributed by atoms with Gasteiger partial charge in [0, 0.05) is 25.8 Å². The molecule has 1 aromatic rings. The molecule has 6 heteroatoms. The summed E-state index contributed by atoms with van der Waals surface area (Å²) in [5, 5.41) is 12.9. The van der Waals surface area contributed by atoms with Crippen molar-refractivity contribution in [3.8, 4) is 0 Å². The smallest absolute Gasteiger partial charge is 0.257 e. The number of hydrogen-bond donors (Lipinski definition) is 2. The molecule has 1 atom stereocenters. The Kier molecular flexibility index (Phi) is 4.77. The van der Waals surface area contributed by atoms with E-state index < -0.39 is 11.4 Å². The van der Waals surface area contributed by atoms with Crippen LogP contribution in [0.5, 0.6) is 0 Å². The fourth-order valence-electron chi connectivity index (χ4n) is 2.54. The molecule has 21 heavy (non-hydrogen) atoms. The van der Waals surface area contributed by atoms with Crippen LogP contribution in [0.15, 0.2) is 12.3 Å². The number of carbonyl (C=O) groups excluding carboxylic acids is 1. The molecule has 1 unspecified atom stereocenters. The number of likely N-dealkylation sites (tertiary alicyclic amines) is 1. The van der Waals surface area contributed by atoms with Crippen molar-refractivity contribution in [2.24, 2.45) is 0 Å². The van der Waals surface area contributed by atoms with Crippen molar-refractivity contribution >= 4 is 11.7 Å². The molecule has 1 aliphatic rings. The number of pyridine rings is 1. The Bertz CT molecular complexity index is 520. The normalized spacial score (nSPS) is 22.8. The van der Waals surface area contributed by atoms with E-state index in [4.69, 9.17) is 0 Å². The van der Waals surface area contributed by atoms with Crippen LogP contribution in [0.3, 0.4) is 0 Å². The molecule has 116 valence electrons. The molecule has 1 saturated heterocycles. The van der Waals surface area contributed by atoms with E-state index in [0.717, 1.165) is 0 Å². The van der Waals surface area contributed by atoms with Crippen molar-refractivity contribution < 1.29 is 14.3 Å². The van der Waals surface area contributed by atoms with Crippen molar-refractivity contribution in [2.75, 3.05) is 25.0 Å². The Balaban J connectivity index is 2.18. The van der Waals surface area contributed by atoms with Crippen molar-refractivity contribution in [1.82, 2.24) is 9.88 Å². The maximum Gasteiger partial charge on any atom is 0.257 e. The van der Waals surface area contributed by atoms with Crippen LogP contribution >= 0.6 is 0 Å². The molecule has 5 nitrogen and oxygen atoms in total. The molecule has 1 aliphatic heterocycles. The van der Waals surface area contributed by atoms with Gasteiger partial charge in [-0.2, -0.15) is 0 Å². The highest BCUT2D eigenvalue weighted by atomic mass is 19.1. The first-order valence-electron chi connectivity index (χ1n) is 7.34. The minimum Gasteiger partial charge on any atom is -0.390 e. The zero-order chi connectivity index (χ0) is 15.5. The first kappa shape index (κ1) is 15.7. The Hall–Kier alpha value is -1.69. The van der Waals surface area contributed by atoms with Crippen LogP contribution in [0.2, 0.25) is 0 Å². The fraction of sp³-hybridized carbons (Fsp3) is 0.600. The van der Waals surface area contributed by atoms with E-state index in [1.165, 1.54) is 12.3 Å². The lowest BCUT2D eigenvalue weighted by molar-refractivity contribution is 0.0437. The van der Waals surface area contributed by atoms with Crippen molar-refractivity contribution in [3.63, 3.8) is 0 Å². The molecule has 2 N–H and O–H groups in total. The number of anilines is 1. The number of nitrogens with zero attached hydrogens (tertiary/aromatic N) is 2. The Morgan fingerprint density at radius 1 is 1.52 bits per heavy atom. The van der Waals surface area contributed by atoms with E-state index in [9.17, 15) is 14.3 Å². The first-order valence-corrected chi connectivity index (χ1v) is 7.34. The van der Waals surface area contributed by atoms with E-state index in [0.29, 0.717) is 38.9 Å². The molecule has 0 bridgehead atoms. The van der Waals surface area contributed by atoms with Crippen LogP contribution in [0.1, 0.15) is 43.5 Å². The highest BCUT2D eigenvalue weighted by Crippen LogP contribution is 2.23. The molecule has 0 saturated carbocycles. The minimum absolute atomic E-state index is 0.0301. The van der Waals surface area contributed by atoms with Gasteiger partial charge in [0.05, 0.1) is 11.2 Å². The van der Waals surface area contributed by atoms with Gasteiger partial charge in [0.15, 0.2) is 11.6 Å². The van der Waals surface area contributed by atoms with Crippen molar-refractivity contribution in [2.45, 2.75) is 38.7 Å². The monoisotopic (exact) mass is 295 g/mol. The van der Waals surface area contributed by atoms with Gasteiger partial charge in [-0.25, -0.2) is 9.37 Å². The van der Waals surface area contributed by atoms with E-state index >= 15 is 0 Å². The molecule has 2 heterocycles. The average Bonchev–Trinajstić information content (AvgIpc) is 2.62. The maximum atomic E-state index is 14.3. The fourth-order valence-corrected chi connectivity index (χ4v) is 2.54. The van der Waals surface area contributed by atoms with E-state index in [1.54, 1.807) is 11.8 Å².